The molecule has 3 aromatic carbocycles. The predicted molar refractivity (Wildman–Crippen MR) is 109 cm³/mol. The van der Waals surface area contributed by atoms with Crippen LogP contribution in [0.3, 0.4) is 0 Å². The molecule has 26 heavy (non-hydrogen) atoms. The third-order valence-electron chi connectivity index (χ3n) is 4.74. The highest BCUT2D eigenvalue weighted by Crippen LogP contribution is 2.41. The maximum absolute atomic E-state index is 6.61. The average Bonchev–Trinajstić information content (AvgIpc) is 3.17. The van der Waals surface area contributed by atoms with E-state index in [1.165, 1.54) is 0 Å². The molecule has 0 unspecified atom stereocenters. The molecule has 2 nitrogen and oxygen atoms in total. The number of hydrogen-bond acceptors (Lipinski definition) is 1. The van der Waals surface area contributed by atoms with Crippen LogP contribution in [-0.4, -0.2) is 9.61 Å². The Morgan fingerprint density at radius 1 is 0.692 bits per heavy atom. The smallest absolute Gasteiger partial charge is 0.0809 e. The fourth-order valence-corrected chi connectivity index (χ4v) is 3.93. The summed E-state index contributed by atoms with van der Waals surface area (Å²) in [7, 11) is 0. The van der Waals surface area contributed by atoms with Gasteiger partial charge in [0.05, 0.1) is 22.4 Å². The van der Waals surface area contributed by atoms with Gasteiger partial charge in [-0.3, -0.25) is 0 Å². The van der Waals surface area contributed by atoms with Crippen LogP contribution in [0.2, 0.25) is 5.02 Å². The minimum atomic E-state index is 0.741. The topological polar surface area (TPSA) is 17.3 Å². The molecule has 0 aliphatic rings. The molecule has 0 N–H and O–H groups in total. The van der Waals surface area contributed by atoms with E-state index in [2.05, 4.69) is 59.7 Å². The predicted octanol–water partition coefficient (Wildman–Crippen LogP) is 6.47. The second-order valence-corrected chi connectivity index (χ2v) is 6.65. The van der Waals surface area contributed by atoms with E-state index in [0.29, 0.717) is 0 Å². The van der Waals surface area contributed by atoms with Crippen LogP contribution in [0.15, 0.2) is 91.1 Å². The number of benzene rings is 3. The molecular weight excluding hydrogens is 340 g/mol. The largest absolute Gasteiger partial charge is 0.232 e. The zero-order valence-corrected chi connectivity index (χ0v) is 14.7. The number of nitrogens with zero attached hydrogens (tertiary/aromatic N) is 2. The molecule has 0 atom stereocenters. The van der Waals surface area contributed by atoms with Crippen LogP contribution in [0.25, 0.3) is 38.7 Å². The van der Waals surface area contributed by atoms with E-state index in [4.69, 9.17) is 11.6 Å². The number of rotatable bonds is 2. The lowest BCUT2D eigenvalue weighted by atomic mass is 9.93. The minimum Gasteiger partial charge on any atom is -0.232 e. The summed E-state index contributed by atoms with van der Waals surface area (Å²) >= 11 is 6.61. The van der Waals surface area contributed by atoms with Gasteiger partial charge in [-0.15, -0.1) is 0 Å². The molecule has 124 valence electrons. The van der Waals surface area contributed by atoms with Gasteiger partial charge in [0, 0.05) is 16.5 Å². The van der Waals surface area contributed by atoms with E-state index in [-0.39, 0.29) is 0 Å². The van der Waals surface area contributed by atoms with Gasteiger partial charge in [-0.2, -0.15) is 5.10 Å². The number of halogens is 1. The van der Waals surface area contributed by atoms with Crippen LogP contribution >= 0.6 is 11.6 Å². The van der Waals surface area contributed by atoms with Crippen molar-refractivity contribution in [3.05, 3.63) is 96.1 Å². The van der Waals surface area contributed by atoms with Crippen LogP contribution in [0.1, 0.15) is 0 Å². The van der Waals surface area contributed by atoms with Gasteiger partial charge >= 0.3 is 0 Å². The highest BCUT2D eigenvalue weighted by atomic mass is 35.5. The van der Waals surface area contributed by atoms with Crippen LogP contribution in [0.5, 0.6) is 0 Å². The lowest BCUT2D eigenvalue weighted by molar-refractivity contribution is 0.976. The molecule has 0 aliphatic carbocycles. The van der Waals surface area contributed by atoms with Gasteiger partial charge in [0.25, 0.3) is 0 Å². The van der Waals surface area contributed by atoms with Crippen molar-refractivity contribution >= 4 is 27.9 Å². The van der Waals surface area contributed by atoms with Crippen molar-refractivity contribution in [2.75, 3.05) is 0 Å². The van der Waals surface area contributed by atoms with E-state index >= 15 is 0 Å². The molecule has 0 spiro atoms. The maximum Gasteiger partial charge on any atom is 0.0809 e. The second-order valence-electron chi connectivity index (χ2n) is 6.25. The summed E-state index contributed by atoms with van der Waals surface area (Å²) in [5, 5.41) is 7.54. The first-order chi connectivity index (χ1) is 12.8. The molecule has 0 radical (unpaired) electrons. The first-order valence-electron chi connectivity index (χ1n) is 8.53. The van der Waals surface area contributed by atoms with Gasteiger partial charge in [-0.1, -0.05) is 84.4 Å². The standard InChI is InChI=1S/C23H15ClN2/c24-19-13-7-12-18-21(16-8-3-1-4-9-16)23(17-10-5-2-6-11-17)26-20(22(18)19)14-15-25-26/h1-15H. The molecule has 3 heteroatoms. The highest BCUT2D eigenvalue weighted by Gasteiger charge is 2.19. The van der Waals surface area contributed by atoms with Gasteiger partial charge in [-0.25, -0.2) is 4.52 Å². The van der Waals surface area contributed by atoms with Gasteiger partial charge in [0.2, 0.25) is 0 Å². The molecule has 0 fully saturated rings. The molecule has 0 amide bonds. The Morgan fingerprint density at radius 3 is 2.12 bits per heavy atom. The highest BCUT2D eigenvalue weighted by molar-refractivity contribution is 6.37. The molecule has 0 saturated carbocycles. The van der Waals surface area contributed by atoms with E-state index in [1.54, 1.807) is 0 Å². The number of aromatic nitrogens is 2. The Kier molecular flexibility index (Phi) is 3.51. The number of pyridine rings is 1. The Morgan fingerprint density at radius 2 is 1.38 bits per heavy atom. The number of fused-ring (bicyclic) bond motifs is 3. The van der Waals surface area contributed by atoms with Crippen molar-refractivity contribution in [3.63, 3.8) is 0 Å². The van der Waals surface area contributed by atoms with Crippen LogP contribution in [0.4, 0.5) is 0 Å². The lowest BCUT2D eigenvalue weighted by Crippen LogP contribution is -1.99. The summed E-state index contributed by atoms with van der Waals surface area (Å²) in [6.45, 7) is 0. The van der Waals surface area contributed by atoms with Crippen molar-refractivity contribution in [2.24, 2.45) is 0 Å². The summed E-state index contributed by atoms with van der Waals surface area (Å²) < 4.78 is 2.01. The molecule has 0 saturated heterocycles. The zero-order valence-electron chi connectivity index (χ0n) is 13.9. The fourth-order valence-electron chi connectivity index (χ4n) is 3.66. The molecule has 5 aromatic rings. The summed E-state index contributed by atoms with van der Waals surface area (Å²) in [5.41, 5.74) is 5.51. The molecule has 0 bridgehead atoms. The van der Waals surface area contributed by atoms with Gasteiger partial charge < -0.3 is 0 Å². The van der Waals surface area contributed by atoms with E-state index in [9.17, 15) is 0 Å². The van der Waals surface area contributed by atoms with Crippen molar-refractivity contribution in [3.8, 4) is 22.4 Å². The van der Waals surface area contributed by atoms with Gasteiger partial charge in [-0.05, 0) is 23.1 Å². The minimum absolute atomic E-state index is 0.741. The average molecular weight is 355 g/mol. The fraction of sp³-hybridized carbons (Fsp3) is 0. The molecule has 2 aromatic heterocycles. The van der Waals surface area contributed by atoms with Crippen LogP contribution in [0, 0.1) is 0 Å². The van der Waals surface area contributed by atoms with Gasteiger partial charge in [0.15, 0.2) is 0 Å². The maximum atomic E-state index is 6.61. The third-order valence-corrected chi connectivity index (χ3v) is 5.06. The Labute approximate surface area is 156 Å². The Bertz CT molecular complexity index is 1230. The Balaban J connectivity index is 2.06. The van der Waals surface area contributed by atoms with Crippen molar-refractivity contribution in [1.29, 1.82) is 0 Å². The second kappa shape index (κ2) is 6.01. The van der Waals surface area contributed by atoms with Crippen molar-refractivity contribution in [1.82, 2.24) is 9.61 Å². The lowest BCUT2D eigenvalue weighted by Gasteiger charge is -2.17. The van der Waals surface area contributed by atoms with Crippen molar-refractivity contribution in [2.45, 2.75) is 0 Å². The zero-order chi connectivity index (χ0) is 17.5. The summed E-state index contributed by atoms with van der Waals surface area (Å²) in [6.07, 6.45) is 1.83. The van der Waals surface area contributed by atoms with Crippen molar-refractivity contribution < 1.29 is 0 Å². The van der Waals surface area contributed by atoms with Crippen LogP contribution in [-0.2, 0) is 0 Å². The SMILES string of the molecule is Clc1cccc2c(-c3ccccc3)c(-c3ccccc3)n3nccc3c12. The molecule has 0 aliphatic heterocycles. The van der Waals surface area contributed by atoms with E-state index in [1.807, 2.05) is 41.0 Å². The molecular formula is C23H15ClN2. The quantitative estimate of drug-likeness (QED) is 0.355. The monoisotopic (exact) mass is 354 g/mol. The molecule has 5 rings (SSSR count). The normalized spacial score (nSPS) is 11.3. The van der Waals surface area contributed by atoms with E-state index in [0.717, 1.165) is 43.7 Å². The first kappa shape index (κ1) is 15.2. The third kappa shape index (κ3) is 2.23. The summed E-state index contributed by atoms with van der Waals surface area (Å²) in [4.78, 5) is 0. The van der Waals surface area contributed by atoms with Crippen LogP contribution < -0.4 is 0 Å². The summed E-state index contributed by atoms with van der Waals surface area (Å²) in [6, 6.07) is 28.9. The van der Waals surface area contributed by atoms with E-state index < -0.39 is 0 Å². The first-order valence-corrected chi connectivity index (χ1v) is 8.91. The Hall–Kier alpha value is -3.10. The summed E-state index contributed by atoms with van der Waals surface area (Å²) in [5.74, 6) is 0. The molecule has 2 heterocycles. The van der Waals surface area contributed by atoms with Gasteiger partial charge in [0.1, 0.15) is 0 Å². The number of hydrogen-bond donors (Lipinski definition) is 0.